The van der Waals surface area contributed by atoms with Gasteiger partial charge in [-0.2, -0.15) is 0 Å². The molecule has 0 bridgehead atoms. The van der Waals surface area contributed by atoms with Gasteiger partial charge in [0, 0.05) is 22.1 Å². The van der Waals surface area contributed by atoms with E-state index >= 15 is 0 Å². The van der Waals surface area contributed by atoms with E-state index in [-0.39, 0.29) is 18.1 Å². The summed E-state index contributed by atoms with van der Waals surface area (Å²) >= 11 is 7.48. The SMILES string of the molecule is O=C(CCSc1ccc(Cl)cc1)NC1CCCCCC1O. The second-order valence-corrected chi connectivity index (χ2v) is 7.04. The molecule has 1 aromatic rings. The first-order chi connectivity index (χ1) is 10.1. The number of carbonyl (C=O) groups excluding carboxylic acids is 1. The van der Waals surface area contributed by atoms with Crippen LogP contribution in [0.3, 0.4) is 0 Å². The molecule has 5 heteroatoms. The highest BCUT2D eigenvalue weighted by Crippen LogP contribution is 2.21. The molecule has 0 radical (unpaired) electrons. The lowest BCUT2D eigenvalue weighted by molar-refractivity contribution is -0.122. The van der Waals surface area contributed by atoms with Gasteiger partial charge in [-0.3, -0.25) is 4.79 Å². The molecule has 1 amide bonds. The lowest BCUT2D eigenvalue weighted by Crippen LogP contribution is -2.42. The minimum atomic E-state index is -0.389. The Kier molecular flexibility index (Phi) is 6.87. The van der Waals surface area contributed by atoms with Crippen molar-refractivity contribution in [3.05, 3.63) is 29.3 Å². The van der Waals surface area contributed by atoms with Crippen molar-refractivity contribution >= 4 is 29.3 Å². The van der Waals surface area contributed by atoms with E-state index < -0.39 is 0 Å². The number of thioether (sulfide) groups is 1. The van der Waals surface area contributed by atoms with Crippen LogP contribution in [-0.4, -0.2) is 28.9 Å². The van der Waals surface area contributed by atoms with Gasteiger partial charge in [0.1, 0.15) is 0 Å². The van der Waals surface area contributed by atoms with E-state index in [1.54, 1.807) is 11.8 Å². The number of amides is 1. The topological polar surface area (TPSA) is 49.3 Å². The highest BCUT2D eigenvalue weighted by molar-refractivity contribution is 7.99. The first-order valence-corrected chi connectivity index (χ1v) is 8.87. The van der Waals surface area contributed by atoms with Crippen LogP contribution in [0, 0.1) is 0 Å². The van der Waals surface area contributed by atoms with Crippen LogP contribution in [-0.2, 0) is 4.79 Å². The zero-order valence-corrected chi connectivity index (χ0v) is 13.6. The van der Waals surface area contributed by atoms with Gasteiger partial charge < -0.3 is 10.4 Å². The fourth-order valence-electron chi connectivity index (χ4n) is 2.53. The van der Waals surface area contributed by atoms with Crippen molar-refractivity contribution in [2.45, 2.75) is 55.6 Å². The van der Waals surface area contributed by atoms with Crippen LogP contribution in [0.4, 0.5) is 0 Å². The molecule has 116 valence electrons. The van der Waals surface area contributed by atoms with E-state index in [9.17, 15) is 9.90 Å². The van der Waals surface area contributed by atoms with Gasteiger partial charge in [0.25, 0.3) is 0 Å². The standard InChI is InChI=1S/C16H22ClNO2S/c17-12-6-8-13(9-7-12)21-11-10-16(20)18-14-4-2-1-3-5-15(14)19/h6-9,14-15,19H,1-5,10-11H2,(H,18,20). The minimum Gasteiger partial charge on any atom is -0.391 e. The summed E-state index contributed by atoms with van der Waals surface area (Å²) in [6.07, 6.45) is 5.05. The van der Waals surface area contributed by atoms with Gasteiger partial charge in [-0.05, 0) is 37.1 Å². The van der Waals surface area contributed by atoms with E-state index in [4.69, 9.17) is 11.6 Å². The monoisotopic (exact) mass is 327 g/mol. The predicted molar refractivity (Wildman–Crippen MR) is 87.8 cm³/mol. The summed E-state index contributed by atoms with van der Waals surface area (Å²) in [7, 11) is 0. The van der Waals surface area contributed by atoms with Crippen molar-refractivity contribution in [1.82, 2.24) is 5.32 Å². The number of halogens is 1. The van der Waals surface area contributed by atoms with Crippen molar-refractivity contribution in [3.63, 3.8) is 0 Å². The number of aliphatic hydroxyl groups is 1. The Bertz CT molecular complexity index is 452. The van der Waals surface area contributed by atoms with Crippen molar-refractivity contribution in [2.24, 2.45) is 0 Å². The van der Waals surface area contributed by atoms with E-state index in [2.05, 4.69) is 5.32 Å². The van der Waals surface area contributed by atoms with Gasteiger partial charge in [-0.25, -0.2) is 0 Å². The molecule has 0 aromatic heterocycles. The van der Waals surface area contributed by atoms with Gasteiger partial charge in [-0.1, -0.05) is 30.9 Å². The van der Waals surface area contributed by atoms with E-state index in [0.717, 1.165) is 47.8 Å². The third-order valence-corrected chi connectivity index (χ3v) is 5.00. The summed E-state index contributed by atoms with van der Waals surface area (Å²) in [4.78, 5) is 13.1. The summed E-state index contributed by atoms with van der Waals surface area (Å²) in [5, 5.41) is 13.7. The lowest BCUT2D eigenvalue weighted by Gasteiger charge is -2.21. The predicted octanol–water partition coefficient (Wildman–Crippen LogP) is 3.63. The second-order valence-electron chi connectivity index (χ2n) is 5.43. The largest absolute Gasteiger partial charge is 0.391 e. The molecule has 1 aliphatic carbocycles. The Labute approximate surface area is 135 Å². The first-order valence-electron chi connectivity index (χ1n) is 7.51. The zero-order chi connectivity index (χ0) is 15.1. The molecular formula is C16H22ClNO2S. The number of rotatable bonds is 5. The number of aliphatic hydroxyl groups excluding tert-OH is 1. The van der Waals surface area contributed by atoms with Crippen LogP contribution in [0.2, 0.25) is 5.02 Å². The third-order valence-electron chi connectivity index (χ3n) is 3.74. The highest BCUT2D eigenvalue weighted by atomic mass is 35.5. The molecule has 0 aliphatic heterocycles. The Morgan fingerprint density at radius 1 is 1.24 bits per heavy atom. The smallest absolute Gasteiger partial charge is 0.221 e. The van der Waals surface area contributed by atoms with Crippen LogP contribution >= 0.6 is 23.4 Å². The van der Waals surface area contributed by atoms with E-state index in [1.165, 1.54) is 0 Å². The molecule has 2 atom stereocenters. The van der Waals surface area contributed by atoms with E-state index in [0.29, 0.717) is 6.42 Å². The van der Waals surface area contributed by atoms with Crippen molar-refractivity contribution in [1.29, 1.82) is 0 Å². The Hall–Kier alpha value is -0.710. The van der Waals surface area contributed by atoms with Crippen LogP contribution < -0.4 is 5.32 Å². The summed E-state index contributed by atoms with van der Waals surface area (Å²) in [5.41, 5.74) is 0. The van der Waals surface area contributed by atoms with Crippen molar-refractivity contribution in [2.75, 3.05) is 5.75 Å². The van der Waals surface area contributed by atoms with Crippen molar-refractivity contribution in [3.8, 4) is 0 Å². The van der Waals surface area contributed by atoms with Crippen LogP contribution in [0.15, 0.2) is 29.2 Å². The molecular weight excluding hydrogens is 306 g/mol. The van der Waals surface area contributed by atoms with Gasteiger partial charge in [0.2, 0.25) is 5.91 Å². The Morgan fingerprint density at radius 3 is 2.71 bits per heavy atom. The number of nitrogens with one attached hydrogen (secondary N) is 1. The average molecular weight is 328 g/mol. The molecule has 2 unspecified atom stereocenters. The molecule has 1 aromatic carbocycles. The molecule has 2 N–H and O–H groups in total. The Morgan fingerprint density at radius 2 is 1.95 bits per heavy atom. The molecule has 0 heterocycles. The first kappa shape index (κ1) is 16.7. The minimum absolute atomic E-state index is 0.0300. The molecule has 2 rings (SSSR count). The maximum atomic E-state index is 12.0. The van der Waals surface area contributed by atoms with Gasteiger partial charge in [0.05, 0.1) is 12.1 Å². The van der Waals surface area contributed by atoms with Crippen LogP contribution in [0.5, 0.6) is 0 Å². The van der Waals surface area contributed by atoms with Crippen LogP contribution in [0.1, 0.15) is 38.5 Å². The average Bonchev–Trinajstić information content (AvgIpc) is 2.66. The molecule has 1 fully saturated rings. The molecule has 1 saturated carbocycles. The highest BCUT2D eigenvalue weighted by Gasteiger charge is 2.22. The number of benzene rings is 1. The molecule has 3 nitrogen and oxygen atoms in total. The summed E-state index contributed by atoms with van der Waals surface area (Å²) in [6, 6.07) is 7.55. The van der Waals surface area contributed by atoms with E-state index in [1.807, 2.05) is 24.3 Å². The number of carbonyl (C=O) groups is 1. The maximum Gasteiger partial charge on any atom is 0.221 e. The van der Waals surface area contributed by atoms with Crippen molar-refractivity contribution < 1.29 is 9.90 Å². The van der Waals surface area contributed by atoms with Gasteiger partial charge in [0.15, 0.2) is 0 Å². The summed E-state index contributed by atoms with van der Waals surface area (Å²) in [6.45, 7) is 0. The third kappa shape index (κ3) is 5.89. The summed E-state index contributed by atoms with van der Waals surface area (Å²) < 4.78 is 0. The normalized spacial score (nSPS) is 22.6. The molecule has 1 aliphatic rings. The maximum absolute atomic E-state index is 12.0. The number of hydrogen-bond donors (Lipinski definition) is 2. The zero-order valence-electron chi connectivity index (χ0n) is 12.1. The van der Waals surface area contributed by atoms with Crippen LogP contribution in [0.25, 0.3) is 0 Å². The molecule has 0 spiro atoms. The van der Waals surface area contributed by atoms with Gasteiger partial charge >= 0.3 is 0 Å². The fourth-order valence-corrected chi connectivity index (χ4v) is 3.51. The molecule has 0 saturated heterocycles. The molecule has 21 heavy (non-hydrogen) atoms. The Balaban J connectivity index is 1.70. The number of hydrogen-bond acceptors (Lipinski definition) is 3. The fraction of sp³-hybridized carbons (Fsp3) is 0.562. The summed E-state index contributed by atoms with van der Waals surface area (Å²) in [5.74, 6) is 0.762. The van der Waals surface area contributed by atoms with Gasteiger partial charge in [-0.15, -0.1) is 11.8 Å². The quantitative estimate of drug-likeness (QED) is 0.641. The lowest BCUT2D eigenvalue weighted by atomic mass is 10.1. The second kappa shape index (κ2) is 8.66.